The molecule has 0 saturated heterocycles. The Bertz CT molecular complexity index is 243. The Morgan fingerprint density at radius 3 is 2.50 bits per heavy atom. The van der Waals surface area contributed by atoms with Gasteiger partial charge >= 0.3 is 5.97 Å². The van der Waals surface area contributed by atoms with Crippen LogP contribution in [0.4, 0.5) is 0 Å². The largest absolute Gasteiger partial charge is 0.480 e. The number of carbonyl (C=O) groups is 2. The van der Waals surface area contributed by atoms with E-state index >= 15 is 0 Å². The summed E-state index contributed by atoms with van der Waals surface area (Å²) >= 11 is 5.45. The SMILES string of the molecule is C=C(Cl)CNCC(NC(C)=O)C(=O)O. The molecule has 6 heteroatoms. The number of amides is 1. The number of aliphatic carboxylic acids is 1. The fourth-order valence-corrected chi connectivity index (χ4v) is 0.892. The number of carboxylic acid groups (broad SMARTS) is 1. The molecule has 0 aliphatic rings. The Labute approximate surface area is 87.1 Å². The van der Waals surface area contributed by atoms with Gasteiger partial charge in [0, 0.05) is 25.0 Å². The standard InChI is InChI=1S/C8H13ClN2O3/c1-5(9)3-10-4-7(8(13)14)11-6(2)12/h7,10H,1,3-4H2,2H3,(H,11,12)(H,13,14). The molecule has 80 valence electrons. The van der Waals surface area contributed by atoms with Crippen LogP contribution in [-0.4, -0.2) is 36.1 Å². The summed E-state index contributed by atoms with van der Waals surface area (Å²) in [6.45, 7) is 5.11. The second-order valence-corrected chi connectivity index (χ2v) is 3.27. The molecule has 0 heterocycles. The average Bonchev–Trinajstić information content (AvgIpc) is 2.00. The number of carbonyl (C=O) groups excluding carboxylic acids is 1. The van der Waals surface area contributed by atoms with Crippen LogP contribution in [-0.2, 0) is 9.59 Å². The molecule has 0 aliphatic heterocycles. The fourth-order valence-electron chi connectivity index (χ4n) is 0.798. The zero-order chi connectivity index (χ0) is 11.1. The molecular weight excluding hydrogens is 208 g/mol. The molecule has 0 aromatic carbocycles. The molecule has 1 amide bonds. The van der Waals surface area contributed by atoms with Gasteiger partial charge in [0.05, 0.1) is 0 Å². The topological polar surface area (TPSA) is 78.4 Å². The van der Waals surface area contributed by atoms with Gasteiger partial charge in [0.15, 0.2) is 0 Å². The van der Waals surface area contributed by atoms with Crippen molar-refractivity contribution in [3.63, 3.8) is 0 Å². The van der Waals surface area contributed by atoms with Gasteiger partial charge in [0.25, 0.3) is 0 Å². The highest BCUT2D eigenvalue weighted by Crippen LogP contribution is 1.92. The van der Waals surface area contributed by atoms with Crippen LogP contribution in [0.5, 0.6) is 0 Å². The molecular formula is C8H13ClN2O3. The lowest BCUT2D eigenvalue weighted by Gasteiger charge is -2.13. The van der Waals surface area contributed by atoms with Gasteiger partial charge in [-0.05, 0) is 0 Å². The summed E-state index contributed by atoms with van der Waals surface area (Å²) in [4.78, 5) is 21.2. The van der Waals surface area contributed by atoms with Crippen molar-refractivity contribution in [3.05, 3.63) is 11.6 Å². The first-order valence-electron chi connectivity index (χ1n) is 3.97. The molecule has 0 aliphatic carbocycles. The number of carboxylic acids is 1. The minimum atomic E-state index is -1.09. The van der Waals surface area contributed by atoms with Crippen molar-refractivity contribution < 1.29 is 14.7 Å². The van der Waals surface area contributed by atoms with Crippen molar-refractivity contribution in [1.29, 1.82) is 0 Å². The predicted octanol–water partition coefficient (Wildman–Crippen LogP) is -0.0822. The lowest BCUT2D eigenvalue weighted by Crippen LogP contribution is -2.46. The van der Waals surface area contributed by atoms with E-state index in [1.54, 1.807) is 0 Å². The number of halogens is 1. The van der Waals surface area contributed by atoms with E-state index in [1.165, 1.54) is 6.92 Å². The molecule has 0 radical (unpaired) electrons. The second-order valence-electron chi connectivity index (χ2n) is 2.74. The molecule has 1 atom stereocenters. The third-order valence-electron chi connectivity index (χ3n) is 1.34. The lowest BCUT2D eigenvalue weighted by molar-refractivity contribution is -0.141. The second kappa shape index (κ2) is 6.39. The fraction of sp³-hybridized carbons (Fsp3) is 0.500. The normalized spacial score (nSPS) is 11.9. The van der Waals surface area contributed by atoms with Crippen LogP contribution in [0.25, 0.3) is 0 Å². The smallest absolute Gasteiger partial charge is 0.327 e. The first kappa shape index (κ1) is 12.9. The molecule has 1 unspecified atom stereocenters. The van der Waals surface area contributed by atoms with Crippen LogP contribution in [0.15, 0.2) is 11.6 Å². The van der Waals surface area contributed by atoms with Gasteiger partial charge < -0.3 is 15.7 Å². The monoisotopic (exact) mass is 220 g/mol. The molecule has 0 bridgehead atoms. The summed E-state index contributed by atoms with van der Waals surface area (Å²) < 4.78 is 0. The number of rotatable bonds is 6. The summed E-state index contributed by atoms with van der Waals surface area (Å²) in [5.74, 6) is -1.48. The summed E-state index contributed by atoms with van der Waals surface area (Å²) in [6.07, 6.45) is 0. The van der Waals surface area contributed by atoms with E-state index < -0.39 is 12.0 Å². The van der Waals surface area contributed by atoms with E-state index in [9.17, 15) is 9.59 Å². The molecule has 0 rings (SSSR count). The van der Waals surface area contributed by atoms with E-state index in [1.807, 2.05) is 0 Å². The van der Waals surface area contributed by atoms with Crippen LogP contribution in [0.3, 0.4) is 0 Å². The Kier molecular flexibility index (Phi) is 5.91. The third kappa shape index (κ3) is 6.45. The average molecular weight is 221 g/mol. The summed E-state index contributed by atoms with van der Waals surface area (Å²) in [5, 5.41) is 14.1. The van der Waals surface area contributed by atoms with Gasteiger partial charge in [-0.15, -0.1) is 0 Å². The van der Waals surface area contributed by atoms with Crippen LogP contribution in [0, 0.1) is 0 Å². The maximum absolute atomic E-state index is 10.6. The van der Waals surface area contributed by atoms with Gasteiger partial charge in [-0.3, -0.25) is 4.79 Å². The van der Waals surface area contributed by atoms with E-state index in [-0.39, 0.29) is 12.5 Å². The predicted molar refractivity (Wildman–Crippen MR) is 53.1 cm³/mol. The third-order valence-corrected chi connectivity index (χ3v) is 1.47. The zero-order valence-electron chi connectivity index (χ0n) is 7.84. The molecule has 0 saturated carbocycles. The zero-order valence-corrected chi connectivity index (χ0v) is 8.60. The number of hydrogen-bond acceptors (Lipinski definition) is 3. The highest BCUT2D eigenvalue weighted by molar-refractivity contribution is 6.29. The quantitative estimate of drug-likeness (QED) is 0.585. The van der Waals surface area contributed by atoms with Gasteiger partial charge in [-0.2, -0.15) is 0 Å². The molecule has 0 spiro atoms. The van der Waals surface area contributed by atoms with Gasteiger partial charge in [0.1, 0.15) is 6.04 Å². The minimum Gasteiger partial charge on any atom is -0.480 e. The van der Waals surface area contributed by atoms with Crippen LogP contribution >= 0.6 is 11.6 Å². The summed E-state index contributed by atoms with van der Waals surface area (Å²) in [6, 6.07) is -0.941. The molecule has 14 heavy (non-hydrogen) atoms. The molecule has 5 nitrogen and oxygen atoms in total. The summed E-state index contributed by atoms with van der Waals surface area (Å²) in [5.41, 5.74) is 0. The number of nitrogens with one attached hydrogen (secondary N) is 2. The van der Waals surface area contributed by atoms with Crippen LogP contribution < -0.4 is 10.6 Å². The maximum Gasteiger partial charge on any atom is 0.327 e. The highest BCUT2D eigenvalue weighted by Gasteiger charge is 2.17. The van der Waals surface area contributed by atoms with Gasteiger partial charge in [-0.1, -0.05) is 18.2 Å². The van der Waals surface area contributed by atoms with E-state index in [0.717, 1.165) is 0 Å². The van der Waals surface area contributed by atoms with E-state index in [0.29, 0.717) is 11.6 Å². The molecule has 0 aromatic rings. The van der Waals surface area contributed by atoms with Crippen molar-refractivity contribution in [2.75, 3.05) is 13.1 Å². The van der Waals surface area contributed by atoms with E-state index in [4.69, 9.17) is 16.7 Å². The number of hydrogen-bond donors (Lipinski definition) is 3. The van der Waals surface area contributed by atoms with Crippen molar-refractivity contribution in [3.8, 4) is 0 Å². The first-order valence-corrected chi connectivity index (χ1v) is 4.35. The van der Waals surface area contributed by atoms with Crippen molar-refractivity contribution in [1.82, 2.24) is 10.6 Å². The van der Waals surface area contributed by atoms with Crippen molar-refractivity contribution >= 4 is 23.5 Å². The molecule has 3 N–H and O–H groups in total. The highest BCUT2D eigenvalue weighted by atomic mass is 35.5. The van der Waals surface area contributed by atoms with Gasteiger partial charge in [-0.25, -0.2) is 4.79 Å². The Morgan fingerprint density at radius 2 is 2.14 bits per heavy atom. The minimum absolute atomic E-state index is 0.112. The Hall–Kier alpha value is -1.07. The lowest BCUT2D eigenvalue weighted by atomic mass is 10.3. The van der Waals surface area contributed by atoms with Crippen molar-refractivity contribution in [2.45, 2.75) is 13.0 Å². The van der Waals surface area contributed by atoms with Crippen LogP contribution in [0.2, 0.25) is 0 Å². The molecule has 0 aromatic heterocycles. The molecule has 0 fully saturated rings. The maximum atomic E-state index is 10.6. The Balaban J connectivity index is 3.91. The first-order chi connectivity index (χ1) is 6.43. The van der Waals surface area contributed by atoms with Crippen molar-refractivity contribution in [2.24, 2.45) is 0 Å². The van der Waals surface area contributed by atoms with Crippen LogP contribution in [0.1, 0.15) is 6.92 Å². The Morgan fingerprint density at radius 1 is 1.57 bits per heavy atom. The van der Waals surface area contributed by atoms with Gasteiger partial charge in [0.2, 0.25) is 5.91 Å². The van der Waals surface area contributed by atoms with E-state index in [2.05, 4.69) is 17.2 Å². The summed E-state index contributed by atoms with van der Waals surface area (Å²) in [7, 11) is 0.